The molecule has 0 radical (unpaired) electrons. The van der Waals surface area contributed by atoms with Crippen molar-refractivity contribution in [3.8, 4) is 22.3 Å². The molecule has 6 rings (SSSR count). The molecule has 0 aliphatic heterocycles. The molecule has 0 spiro atoms. The highest BCUT2D eigenvalue weighted by molar-refractivity contribution is 5.90. The molecule has 2 aliphatic rings. The normalized spacial score (nSPS) is 12.8. The van der Waals surface area contributed by atoms with Gasteiger partial charge in [0.15, 0.2) is 0 Å². The third-order valence-corrected chi connectivity index (χ3v) is 13.2. The molecule has 0 aromatic heterocycles. The Balaban J connectivity index is 0.000000959. The van der Waals surface area contributed by atoms with E-state index in [1.807, 2.05) is 97.1 Å². The Hall–Kier alpha value is -8.26. The van der Waals surface area contributed by atoms with Crippen LogP contribution in [0.3, 0.4) is 0 Å². The standard InChI is InChI=1S/C54H70N8O8.2C2HF3O2/c1-3-27-55-29-15-31-57-49(63)33-59-51(65)47(61-53(67)69-35-45-41-21-9-5-17-37(41)38-18-6-10-22-42(38)45)25-13-14-26-48(52(66)60-34-50(64)58-32-16-30-56-28-4-2)62-54(68)70-36-46-43-23-11-7-19-39(43)40-20-8-12-24-44(40)46;2*3-2(4,5)1(6)7/h5-12,17-24,45-48,55-56H,3-4,13-16,25-36H2,1-2H3,(H,57,63)(H,58,64)(H,59,65)(H,60,66)(H,61,67)(H,62,68);2*(H,6,7)/t47-,48-;;/m0../s1. The maximum atomic E-state index is 13.7. The minimum absolute atomic E-state index is 0.0419. The molecule has 0 bridgehead atoms. The van der Waals surface area contributed by atoms with Crippen LogP contribution in [0.4, 0.5) is 35.9 Å². The van der Waals surface area contributed by atoms with Crippen LogP contribution in [0.25, 0.3) is 22.3 Å². The summed E-state index contributed by atoms with van der Waals surface area (Å²) >= 11 is 0. The van der Waals surface area contributed by atoms with Gasteiger partial charge < -0.3 is 71.8 Å². The van der Waals surface area contributed by atoms with E-state index in [1.54, 1.807) is 0 Å². The summed E-state index contributed by atoms with van der Waals surface area (Å²) in [5, 5.41) is 38.4. The van der Waals surface area contributed by atoms with Crippen molar-refractivity contribution in [3.05, 3.63) is 119 Å². The molecule has 20 nitrogen and oxygen atoms in total. The molecule has 2 atom stereocenters. The lowest BCUT2D eigenvalue weighted by molar-refractivity contribution is -0.655. The van der Waals surface area contributed by atoms with Gasteiger partial charge in [0.25, 0.3) is 0 Å². The van der Waals surface area contributed by atoms with E-state index in [4.69, 9.17) is 29.3 Å². The highest BCUT2D eigenvalue weighted by Gasteiger charge is 2.33. The number of halogens is 6. The van der Waals surface area contributed by atoms with Crippen molar-refractivity contribution in [1.29, 1.82) is 0 Å². The monoisotopic (exact) mass is 1190 g/mol. The highest BCUT2D eigenvalue weighted by atomic mass is 19.4. The zero-order valence-corrected chi connectivity index (χ0v) is 46.6. The number of carbonyl (C=O) groups excluding carboxylic acids is 8. The molecule has 26 heteroatoms. The van der Waals surface area contributed by atoms with Crippen LogP contribution in [0.2, 0.25) is 0 Å². The number of carboxylic acids is 2. The number of rotatable bonds is 29. The number of carboxylic acid groups (broad SMARTS) is 2. The zero-order chi connectivity index (χ0) is 61.7. The Morgan fingerprint density at radius 1 is 0.476 bits per heavy atom. The molecule has 0 heterocycles. The number of amides is 6. The van der Waals surface area contributed by atoms with Gasteiger partial charge >= 0.3 is 24.5 Å². The van der Waals surface area contributed by atoms with Gasteiger partial charge in [0, 0.05) is 37.8 Å². The van der Waals surface area contributed by atoms with Crippen LogP contribution in [0.1, 0.15) is 99.3 Å². The number of carbonyl (C=O) groups is 8. The fraction of sp³-hybridized carbons (Fsp3) is 0.448. The van der Waals surface area contributed by atoms with Crippen molar-refractivity contribution in [2.45, 2.75) is 101 Å². The van der Waals surface area contributed by atoms with Crippen LogP contribution in [0.5, 0.6) is 0 Å². The fourth-order valence-electron chi connectivity index (χ4n) is 9.15. The first-order valence-corrected chi connectivity index (χ1v) is 27.6. The van der Waals surface area contributed by atoms with Gasteiger partial charge in [0.05, 0.1) is 39.3 Å². The smallest absolute Gasteiger partial charge is 0.430 e. The molecular formula is C58H72F6N8O12. The number of quaternary nitrogens is 2. The van der Waals surface area contributed by atoms with Crippen LogP contribution in [-0.2, 0) is 38.2 Å². The largest absolute Gasteiger partial charge is 0.542 e. The van der Waals surface area contributed by atoms with E-state index in [2.05, 4.69) is 56.4 Å². The molecule has 84 heavy (non-hydrogen) atoms. The molecule has 0 fully saturated rings. The Labute approximate surface area is 482 Å². The Kier molecular flexibility index (Phi) is 28.4. The second-order valence-electron chi connectivity index (χ2n) is 19.5. The summed E-state index contributed by atoms with van der Waals surface area (Å²) in [7, 11) is 0. The van der Waals surface area contributed by atoms with E-state index in [-0.39, 0.29) is 62.8 Å². The molecule has 458 valence electrons. The van der Waals surface area contributed by atoms with Gasteiger partial charge in [-0.1, -0.05) is 124 Å². The summed E-state index contributed by atoms with van der Waals surface area (Å²) < 4.78 is 74.7. The van der Waals surface area contributed by atoms with Gasteiger partial charge in [-0.15, -0.1) is 0 Å². The second-order valence-corrected chi connectivity index (χ2v) is 19.5. The Morgan fingerprint density at radius 2 is 0.774 bits per heavy atom. The average Bonchev–Trinajstić information content (AvgIpc) is 3.34. The summed E-state index contributed by atoms with van der Waals surface area (Å²) in [6, 6.07) is 29.8. The highest BCUT2D eigenvalue weighted by Crippen LogP contribution is 2.45. The number of hydrogen-bond acceptors (Lipinski definition) is 12. The molecular weight excluding hydrogens is 1110 g/mol. The first kappa shape index (κ1) is 68.2. The summed E-state index contributed by atoms with van der Waals surface area (Å²) in [6.45, 7) is 8.48. The predicted octanol–water partition coefficient (Wildman–Crippen LogP) is 2.15. The zero-order valence-electron chi connectivity index (χ0n) is 46.6. The number of nitrogens with one attached hydrogen (secondary N) is 6. The summed E-state index contributed by atoms with van der Waals surface area (Å²) in [6.07, 6.45) is -7.36. The third-order valence-electron chi connectivity index (χ3n) is 13.2. The number of hydrogen-bond donors (Lipinski definition) is 8. The van der Waals surface area contributed by atoms with E-state index in [0.717, 1.165) is 96.4 Å². The minimum Gasteiger partial charge on any atom is -0.542 e. The molecule has 4 aromatic rings. The quantitative estimate of drug-likeness (QED) is 0.0287. The minimum atomic E-state index is -5.19. The van der Waals surface area contributed by atoms with E-state index in [1.165, 1.54) is 0 Å². The first-order valence-electron chi connectivity index (χ1n) is 27.6. The van der Waals surface area contributed by atoms with Gasteiger partial charge in [0.2, 0.25) is 23.6 Å². The summed E-state index contributed by atoms with van der Waals surface area (Å²) in [5.41, 5.74) is 8.50. The van der Waals surface area contributed by atoms with Crippen LogP contribution in [-0.4, -0.2) is 138 Å². The van der Waals surface area contributed by atoms with Crippen LogP contribution in [0, 0.1) is 0 Å². The number of ether oxygens (including phenoxy) is 2. The van der Waals surface area contributed by atoms with Crippen molar-refractivity contribution >= 4 is 47.8 Å². The average molecular weight is 1190 g/mol. The Bertz CT molecular complexity index is 2540. The van der Waals surface area contributed by atoms with E-state index in [0.29, 0.717) is 25.9 Å². The van der Waals surface area contributed by atoms with Crippen molar-refractivity contribution in [2.24, 2.45) is 0 Å². The number of aliphatic carboxylic acids is 2. The van der Waals surface area contributed by atoms with Gasteiger partial charge in [0.1, 0.15) is 37.2 Å². The lowest BCUT2D eigenvalue weighted by Crippen LogP contribution is -2.84. The number of unbranched alkanes of at least 4 members (excludes halogenated alkanes) is 1. The van der Waals surface area contributed by atoms with Crippen LogP contribution in [0.15, 0.2) is 97.1 Å². The topological polar surface area (TPSA) is 307 Å². The molecule has 6 amide bonds. The first-order chi connectivity index (χ1) is 40.1. The maximum absolute atomic E-state index is 13.7. The SMILES string of the molecule is CCC[NH2+]CCCNC(=O)CNC(=O)[C@H](CCCC[C@H](NC(=O)OCC1c2ccccc2-c2ccccc21)C(=O)NCC(=O)NCCC[NH2+]CCC)NC(=O)OCC1c2ccccc2-c2ccccc21.O=C([O-])C(F)(F)F.O=C([O-])C(F)(F)F. The van der Waals surface area contributed by atoms with E-state index in [9.17, 15) is 55.1 Å². The second kappa shape index (κ2) is 35.0. The van der Waals surface area contributed by atoms with Gasteiger partial charge in [-0.05, 0) is 70.2 Å². The molecule has 2 aliphatic carbocycles. The van der Waals surface area contributed by atoms with Crippen molar-refractivity contribution < 1.29 is 95.0 Å². The number of nitrogens with two attached hydrogens (primary N) is 2. The molecule has 0 saturated heterocycles. The van der Waals surface area contributed by atoms with E-state index < -0.39 is 60.4 Å². The van der Waals surface area contributed by atoms with Crippen molar-refractivity contribution in [1.82, 2.24) is 31.9 Å². The number of alkyl halides is 6. The number of benzene rings is 4. The summed E-state index contributed by atoms with van der Waals surface area (Å²) in [4.78, 5) is 97.3. The van der Waals surface area contributed by atoms with Gasteiger partial charge in [-0.2, -0.15) is 26.3 Å². The van der Waals surface area contributed by atoms with Crippen LogP contribution < -0.4 is 52.7 Å². The third kappa shape index (κ3) is 22.8. The fourth-order valence-corrected chi connectivity index (χ4v) is 9.15. The molecule has 4 aromatic carbocycles. The summed E-state index contributed by atoms with van der Waals surface area (Å²) in [5.74, 6) is -8.24. The van der Waals surface area contributed by atoms with Gasteiger partial charge in [-0.25, -0.2) is 9.59 Å². The van der Waals surface area contributed by atoms with Crippen LogP contribution >= 0.6 is 0 Å². The van der Waals surface area contributed by atoms with Gasteiger partial charge in [-0.3, -0.25) is 19.2 Å². The number of fused-ring (bicyclic) bond motifs is 6. The number of alkyl carbamates (subject to hydrolysis) is 2. The predicted molar refractivity (Wildman–Crippen MR) is 290 cm³/mol. The van der Waals surface area contributed by atoms with E-state index >= 15 is 0 Å². The molecule has 0 saturated carbocycles. The molecule has 0 unspecified atom stereocenters. The van der Waals surface area contributed by atoms with Crippen molar-refractivity contribution in [2.75, 3.05) is 65.6 Å². The molecule has 10 N–H and O–H groups in total. The maximum Gasteiger partial charge on any atom is 0.430 e. The Morgan fingerprint density at radius 3 is 1.06 bits per heavy atom. The van der Waals surface area contributed by atoms with Crippen molar-refractivity contribution in [3.63, 3.8) is 0 Å². The lowest BCUT2D eigenvalue weighted by Gasteiger charge is -2.21. The lowest BCUT2D eigenvalue weighted by atomic mass is 9.98.